The highest BCUT2D eigenvalue weighted by Crippen LogP contribution is 2.23. The number of aryl methyl sites for hydroxylation is 1. The fourth-order valence-corrected chi connectivity index (χ4v) is 3.49. The van der Waals surface area contributed by atoms with E-state index in [1.165, 1.54) is 19.2 Å². The van der Waals surface area contributed by atoms with E-state index in [1.807, 2.05) is 4.90 Å². The van der Waals surface area contributed by atoms with Crippen molar-refractivity contribution in [3.05, 3.63) is 12.7 Å². The van der Waals surface area contributed by atoms with Crippen molar-refractivity contribution in [2.45, 2.75) is 44.4 Å². The van der Waals surface area contributed by atoms with E-state index in [4.69, 9.17) is 4.74 Å². The van der Waals surface area contributed by atoms with Crippen molar-refractivity contribution in [1.29, 1.82) is 0 Å². The van der Waals surface area contributed by atoms with Crippen LogP contribution >= 0.6 is 0 Å². The Balaban J connectivity index is 1.56. The van der Waals surface area contributed by atoms with Gasteiger partial charge >= 0.3 is 0 Å². The van der Waals surface area contributed by atoms with E-state index in [0.29, 0.717) is 19.5 Å². The molecule has 2 atom stereocenters. The predicted molar refractivity (Wildman–Crippen MR) is 81.2 cm³/mol. The van der Waals surface area contributed by atoms with Crippen LogP contribution < -0.4 is 0 Å². The Morgan fingerprint density at radius 2 is 2.18 bits per heavy atom. The molecular formula is C15H25N5O2. The fraction of sp³-hybridized carbons (Fsp3) is 0.800. The van der Waals surface area contributed by atoms with Gasteiger partial charge in [0.05, 0.1) is 12.6 Å². The molecule has 0 unspecified atom stereocenters. The lowest BCUT2D eigenvalue weighted by atomic mass is 10.2. The normalized spacial score (nSPS) is 26.0. The maximum atomic E-state index is 12.6. The highest BCUT2D eigenvalue weighted by atomic mass is 16.5. The molecule has 1 aromatic heterocycles. The van der Waals surface area contributed by atoms with Gasteiger partial charge in [0.25, 0.3) is 0 Å². The number of ether oxygens (including phenoxy) is 1. The zero-order chi connectivity index (χ0) is 15.4. The minimum Gasteiger partial charge on any atom is -0.380 e. The number of methoxy groups -OCH3 is 1. The molecule has 122 valence electrons. The van der Waals surface area contributed by atoms with Gasteiger partial charge in [0.1, 0.15) is 12.7 Å². The topological polar surface area (TPSA) is 63.5 Å². The highest BCUT2D eigenvalue weighted by molar-refractivity contribution is 5.76. The van der Waals surface area contributed by atoms with Crippen LogP contribution in [0.25, 0.3) is 0 Å². The molecule has 3 heterocycles. The first-order valence-electron chi connectivity index (χ1n) is 8.13. The van der Waals surface area contributed by atoms with Gasteiger partial charge in [-0.05, 0) is 32.4 Å². The van der Waals surface area contributed by atoms with Gasteiger partial charge in [-0.25, -0.2) is 4.98 Å². The van der Waals surface area contributed by atoms with E-state index >= 15 is 0 Å². The molecule has 0 aromatic carbocycles. The first-order valence-corrected chi connectivity index (χ1v) is 8.13. The maximum absolute atomic E-state index is 12.6. The third-order valence-electron chi connectivity index (χ3n) is 4.72. The SMILES string of the molecule is CO[C@H]1C[C@@H](CN2CCCC2)N(C(=O)CCn2cncn2)C1. The number of aromatic nitrogens is 3. The lowest BCUT2D eigenvalue weighted by Crippen LogP contribution is -2.42. The van der Waals surface area contributed by atoms with E-state index in [-0.39, 0.29) is 18.1 Å². The minimum absolute atomic E-state index is 0.169. The number of amides is 1. The average molecular weight is 307 g/mol. The van der Waals surface area contributed by atoms with Gasteiger partial charge < -0.3 is 14.5 Å². The van der Waals surface area contributed by atoms with Gasteiger partial charge in [-0.15, -0.1) is 0 Å². The van der Waals surface area contributed by atoms with Crippen LogP contribution in [0.1, 0.15) is 25.7 Å². The largest absolute Gasteiger partial charge is 0.380 e. The Morgan fingerprint density at radius 1 is 1.36 bits per heavy atom. The predicted octanol–water partition coefficient (Wildman–Crippen LogP) is 0.380. The van der Waals surface area contributed by atoms with Crippen LogP contribution in [0.2, 0.25) is 0 Å². The number of nitrogens with zero attached hydrogens (tertiary/aromatic N) is 5. The van der Waals surface area contributed by atoms with Crippen molar-refractivity contribution >= 4 is 5.91 Å². The minimum atomic E-state index is 0.169. The summed E-state index contributed by atoms with van der Waals surface area (Å²) >= 11 is 0. The summed E-state index contributed by atoms with van der Waals surface area (Å²) in [5.74, 6) is 0.194. The molecule has 2 saturated heterocycles. The van der Waals surface area contributed by atoms with E-state index < -0.39 is 0 Å². The van der Waals surface area contributed by atoms with E-state index in [9.17, 15) is 4.79 Å². The summed E-state index contributed by atoms with van der Waals surface area (Å²) in [6.07, 6.45) is 7.29. The van der Waals surface area contributed by atoms with Crippen LogP contribution in [0.3, 0.4) is 0 Å². The molecule has 0 spiro atoms. The fourth-order valence-electron chi connectivity index (χ4n) is 3.49. The summed E-state index contributed by atoms with van der Waals surface area (Å²) in [7, 11) is 1.74. The second kappa shape index (κ2) is 7.19. The van der Waals surface area contributed by atoms with Gasteiger partial charge in [0.15, 0.2) is 0 Å². The van der Waals surface area contributed by atoms with E-state index in [1.54, 1.807) is 18.1 Å². The Morgan fingerprint density at radius 3 is 2.86 bits per heavy atom. The lowest BCUT2D eigenvalue weighted by molar-refractivity contribution is -0.132. The number of hydrogen-bond donors (Lipinski definition) is 0. The van der Waals surface area contributed by atoms with E-state index in [2.05, 4.69) is 15.0 Å². The number of carbonyl (C=O) groups excluding carboxylic acids is 1. The summed E-state index contributed by atoms with van der Waals surface area (Å²) < 4.78 is 7.20. The van der Waals surface area contributed by atoms with Crippen LogP contribution in [0.15, 0.2) is 12.7 Å². The molecule has 3 rings (SSSR count). The Bertz CT molecular complexity index is 472. The van der Waals surface area contributed by atoms with Crippen molar-refractivity contribution in [3.63, 3.8) is 0 Å². The molecule has 2 fully saturated rings. The molecule has 2 aliphatic rings. The molecule has 0 N–H and O–H groups in total. The van der Waals surface area contributed by atoms with Crippen molar-refractivity contribution < 1.29 is 9.53 Å². The third kappa shape index (κ3) is 3.64. The highest BCUT2D eigenvalue weighted by Gasteiger charge is 2.36. The maximum Gasteiger partial charge on any atom is 0.224 e. The second-order valence-corrected chi connectivity index (χ2v) is 6.21. The summed E-state index contributed by atoms with van der Waals surface area (Å²) in [5, 5.41) is 4.05. The zero-order valence-corrected chi connectivity index (χ0v) is 13.2. The zero-order valence-electron chi connectivity index (χ0n) is 13.2. The quantitative estimate of drug-likeness (QED) is 0.760. The van der Waals surface area contributed by atoms with Crippen LogP contribution in [0.5, 0.6) is 0 Å². The van der Waals surface area contributed by atoms with Gasteiger partial charge in [0, 0.05) is 32.7 Å². The Labute approximate surface area is 131 Å². The molecule has 0 saturated carbocycles. The van der Waals surface area contributed by atoms with Gasteiger partial charge in [-0.1, -0.05) is 0 Å². The first kappa shape index (κ1) is 15.4. The first-order chi connectivity index (χ1) is 10.8. The molecular weight excluding hydrogens is 282 g/mol. The number of likely N-dealkylation sites (tertiary alicyclic amines) is 2. The molecule has 2 aliphatic heterocycles. The second-order valence-electron chi connectivity index (χ2n) is 6.21. The van der Waals surface area contributed by atoms with Crippen molar-refractivity contribution in [1.82, 2.24) is 24.6 Å². The molecule has 0 radical (unpaired) electrons. The standard InChI is InChI=1S/C15H25N5O2/c1-22-14-8-13(9-18-5-2-3-6-18)20(10-14)15(21)4-7-19-12-16-11-17-19/h11-14H,2-10H2,1H3/t13-,14-/m0/s1. The molecule has 7 nitrogen and oxygen atoms in total. The Hall–Kier alpha value is -1.47. The summed E-state index contributed by atoms with van der Waals surface area (Å²) in [6, 6.07) is 0.284. The molecule has 1 amide bonds. The average Bonchev–Trinajstić information content (AvgIpc) is 3.27. The smallest absolute Gasteiger partial charge is 0.224 e. The summed E-state index contributed by atoms with van der Waals surface area (Å²) in [4.78, 5) is 21.0. The lowest BCUT2D eigenvalue weighted by Gasteiger charge is -2.28. The van der Waals surface area contributed by atoms with Crippen molar-refractivity contribution in [2.24, 2.45) is 0 Å². The monoisotopic (exact) mass is 307 g/mol. The van der Waals surface area contributed by atoms with Crippen molar-refractivity contribution in [3.8, 4) is 0 Å². The number of carbonyl (C=O) groups is 1. The van der Waals surface area contributed by atoms with Crippen LogP contribution in [0.4, 0.5) is 0 Å². The molecule has 1 aromatic rings. The van der Waals surface area contributed by atoms with Gasteiger partial charge in [-0.2, -0.15) is 5.10 Å². The van der Waals surface area contributed by atoms with Crippen LogP contribution in [-0.4, -0.2) is 75.9 Å². The van der Waals surface area contributed by atoms with Gasteiger partial charge in [-0.3, -0.25) is 9.48 Å². The van der Waals surface area contributed by atoms with Gasteiger partial charge in [0.2, 0.25) is 5.91 Å². The molecule has 0 bridgehead atoms. The summed E-state index contributed by atoms with van der Waals surface area (Å²) in [5.41, 5.74) is 0. The van der Waals surface area contributed by atoms with E-state index in [0.717, 1.165) is 26.1 Å². The van der Waals surface area contributed by atoms with Crippen molar-refractivity contribution in [2.75, 3.05) is 33.3 Å². The molecule has 7 heteroatoms. The number of rotatable bonds is 6. The molecule has 0 aliphatic carbocycles. The van der Waals surface area contributed by atoms with Crippen LogP contribution in [0, 0.1) is 0 Å². The van der Waals surface area contributed by atoms with Crippen LogP contribution in [-0.2, 0) is 16.1 Å². The third-order valence-corrected chi connectivity index (χ3v) is 4.72. The Kier molecular flexibility index (Phi) is 5.04. The molecule has 22 heavy (non-hydrogen) atoms. The summed E-state index contributed by atoms with van der Waals surface area (Å²) in [6.45, 7) is 4.60. The number of hydrogen-bond acceptors (Lipinski definition) is 5.